The summed E-state index contributed by atoms with van der Waals surface area (Å²) in [7, 11) is 0. The summed E-state index contributed by atoms with van der Waals surface area (Å²) in [6.07, 6.45) is 2.94. The first-order valence-corrected chi connectivity index (χ1v) is 6.44. The molecule has 1 heterocycles. The lowest BCUT2D eigenvalue weighted by Crippen LogP contribution is -2.46. The van der Waals surface area contributed by atoms with Gasteiger partial charge < -0.3 is 15.5 Å². The van der Waals surface area contributed by atoms with Gasteiger partial charge in [0.1, 0.15) is 0 Å². The van der Waals surface area contributed by atoms with E-state index in [1.54, 1.807) is 4.90 Å². The molecule has 1 rings (SSSR count). The molecule has 1 fully saturated rings. The average Bonchev–Trinajstić information content (AvgIpc) is 2.45. The van der Waals surface area contributed by atoms with Crippen LogP contribution in [0.2, 0.25) is 0 Å². The molecule has 0 aromatic heterocycles. The maximum Gasteiger partial charge on any atom is 0.239 e. The Labute approximate surface area is 103 Å². The highest BCUT2D eigenvalue weighted by molar-refractivity contribution is 5.87. The minimum absolute atomic E-state index is 0.0214. The molecule has 0 radical (unpaired) electrons. The summed E-state index contributed by atoms with van der Waals surface area (Å²) in [5, 5.41) is 5.96. The SMILES string of the molecule is CCCCNC(=O)CN1CCCNC(C)C1=O. The number of hydrogen-bond acceptors (Lipinski definition) is 3. The molecule has 0 aliphatic carbocycles. The fraction of sp³-hybridized carbons (Fsp3) is 0.833. The van der Waals surface area contributed by atoms with Crippen LogP contribution in [0.4, 0.5) is 0 Å². The minimum atomic E-state index is -0.180. The number of nitrogens with one attached hydrogen (secondary N) is 2. The highest BCUT2D eigenvalue weighted by atomic mass is 16.2. The second-order valence-corrected chi connectivity index (χ2v) is 4.49. The molecule has 2 amide bonds. The van der Waals surface area contributed by atoms with E-state index in [0.717, 1.165) is 25.8 Å². The van der Waals surface area contributed by atoms with Gasteiger partial charge in [-0.05, 0) is 26.3 Å². The van der Waals surface area contributed by atoms with Crippen molar-refractivity contribution in [2.45, 2.75) is 39.2 Å². The summed E-state index contributed by atoms with van der Waals surface area (Å²) in [4.78, 5) is 25.2. The number of nitrogens with zero attached hydrogens (tertiary/aromatic N) is 1. The minimum Gasteiger partial charge on any atom is -0.355 e. The van der Waals surface area contributed by atoms with Gasteiger partial charge in [-0.2, -0.15) is 0 Å². The van der Waals surface area contributed by atoms with E-state index in [9.17, 15) is 9.59 Å². The van der Waals surface area contributed by atoms with Crippen molar-refractivity contribution in [1.29, 1.82) is 0 Å². The van der Waals surface area contributed by atoms with Crippen LogP contribution in [0.1, 0.15) is 33.1 Å². The molecule has 17 heavy (non-hydrogen) atoms. The molecule has 0 aromatic rings. The maximum atomic E-state index is 11.9. The van der Waals surface area contributed by atoms with Crippen molar-refractivity contribution in [2.24, 2.45) is 0 Å². The Balaban J connectivity index is 2.37. The van der Waals surface area contributed by atoms with Gasteiger partial charge in [-0.3, -0.25) is 9.59 Å². The standard InChI is InChI=1S/C12H23N3O2/c1-3-4-6-14-11(16)9-15-8-5-7-13-10(2)12(15)17/h10,13H,3-9H2,1-2H3,(H,14,16). The van der Waals surface area contributed by atoms with Crippen molar-refractivity contribution >= 4 is 11.8 Å². The number of amides is 2. The van der Waals surface area contributed by atoms with E-state index in [1.807, 2.05) is 6.92 Å². The molecule has 2 N–H and O–H groups in total. The Bertz CT molecular complexity index is 268. The monoisotopic (exact) mass is 241 g/mol. The van der Waals surface area contributed by atoms with E-state index >= 15 is 0 Å². The summed E-state index contributed by atoms with van der Waals surface area (Å²) < 4.78 is 0. The molecule has 0 spiro atoms. The Hall–Kier alpha value is -1.10. The lowest BCUT2D eigenvalue weighted by atomic mass is 10.3. The zero-order valence-corrected chi connectivity index (χ0v) is 10.8. The van der Waals surface area contributed by atoms with Crippen LogP contribution >= 0.6 is 0 Å². The van der Waals surface area contributed by atoms with Crippen LogP contribution in [-0.2, 0) is 9.59 Å². The van der Waals surface area contributed by atoms with Gasteiger partial charge >= 0.3 is 0 Å². The van der Waals surface area contributed by atoms with E-state index in [1.165, 1.54) is 0 Å². The molecule has 0 saturated carbocycles. The molecular formula is C12H23N3O2. The second-order valence-electron chi connectivity index (χ2n) is 4.49. The van der Waals surface area contributed by atoms with Gasteiger partial charge in [0.15, 0.2) is 0 Å². The molecule has 5 heteroatoms. The molecule has 1 atom stereocenters. The first-order chi connectivity index (χ1) is 8.15. The van der Waals surface area contributed by atoms with Crippen LogP contribution in [0.5, 0.6) is 0 Å². The van der Waals surface area contributed by atoms with Crippen LogP contribution in [0.15, 0.2) is 0 Å². The molecule has 0 aromatic carbocycles. The van der Waals surface area contributed by atoms with E-state index in [0.29, 0.717) is 13.1 Å². The van der Waals surface area contributed by atoms with Crippen molar-refractivity contribution in [3.8, 4) is 0 Å². The third-order valence-electron chi connectivity index (χ3n) is 2.92. The molecule has 5 nitrogen and oxygen atoms in total. The highest BCUT2D eigenvalue weighted by Gasteiger charge is 2.24. The van der Waals surface area contributed by atoms with E-state index in [4.69, 9.17) is 0 Å². The molecule has 1 aliphatic rings. The number of unbranched alkanes of at least 4 members (excludes halogenated alkanes) is 1. The number of rotatable bonds is 5. The van der Waals surface area contributed by atoms with E-state index in [2.05, 4.69) is 17.6 Å². The Morgan fingerprint density at radius 2 is 2.35 bits per heavy atom. The van der Waals surface area contributed by atoms with E-state index in [-0.39, 0.29) is 24.4 Å². The van der Waals surface area contributed by atoms with Gasteiger partial charge in [-0.1, -0.05) is 13.3 Å². The molecule has 98 valence electrons. The van der Waals surface area contributed by atoms with Crippen LogP contribution in [0, 0.1) is 0 Å². The zero-order chi connectivity index (χ0) is 12.7. The van der Waals surface area contributed by atoms with Crippen molar-refractivity contribution in [1.82, 2.24) is 15.5 Å². The highest BCUT2D eigenvalue weighted by Crippen LogP contribution is 2.01. The number of hydrogen-bond donors (Lipinski definition) is 2. The van der Waals surface area contributed by atoms with Crippen LogP contribution in [0.3, 0.4) is 0 Å². The van der Waals surface area contributed by atoms with Gasteiger partial charge in [-0.25, -0.2) is 0 Å². The first kappa shape index (κ1) is 14.0. The summed E-state index contributed by atoms with van der Waals surface area (Å²) >= 11 is 0. The Morgan fingerprint density at radius 3 is 3.06 bits per heavy atom. The van der Waals surface area contributed by atoms with E-state index < -0.39 is 0 Å². The van der Waals surface area contributed by atoms with Crippen LogP contribution < -0.4 is 10.6 Å². The lowest BCUT2D eigenvalue weighted by molar-refractivity contribution is -0.136. The van der Waals surface area contributed by atoms with Gasteiger partial charge in [-0.15, -0.1) is 0 Å². The van der Waals surface area contributed by atoms with Crippen molar-refractivity contribution < 1.29 is 9.59 Å². The predicted octanol–water partition coefficient (Wildman–Crippen LogP) is 0.113. The summed E-state index contributed by atoms with van der Waals surface area (Å²) in [6.45, 7) is 6.31. The third-order valence-corrected chi connectivity index (χ3v) is 2.92. The normalized spacial score (nSPS) is 21.2. The second kappa shape index (κ2) is 7.27. The fourth-order valence-corrected chi connectivity index (χ4v) is 1.85. The predicted molar refractivity (Wildman–Crippen MR) is 66.6 cm³/mol. The number of carbonyl (C=O) groups excluding carboxylic acids is 2. The lowest BCUT2D eigenvalue weighted by Gasteiger charge is -2.21. The van der Waals surface area contributed by atoms with Gasteiger partial charge in [0, 0.05) is 13.1 Å². The first-order valence-electron chi connectivity index (χ1n) is 6.44. The smallest absolute Gasteiger partial charge is 0.239 e. The molecule has 0 bridgehead atoms. The average molecular weight is 241 g/mol. The summed E-state index contributed by atoms with van der Waals surface area (Å²) in [5.41, 5.74) is 0. The topological polar surface area (TPSA) is 61.4 Å². The van der Waals surface area contributed by atoms with Crippen molar-refractivity contribution in [2.75, 3.05) is 26.2 Å². The van der Waals surface area contributed by atoms with Crippen molar-refractivity contribution in [3.63, 3.8) is 0 Å². The van der Waals surface area contributed by atoms with Crippen LogP contribution in [0.25, 0.3) is 0 Å². The third kappa shape index (κ3) is 4.73. The fourth-order valence-electron chi connectivity index (χ4n) is 1.85. The maximum absolute atomic E-state index is 11.9. The zero-order valence-electron chi connectivity index (χ0n) is 10.8. The molecule has 1 saturated heterocycles. The van der Waals surface area contributed by atoms with Crippen molar-refractivity contribution in [3.05, 3.63) is 0 Å². The summed E-state index contributed by atoms with van der Waals surface area (Å²) in [6, 6.07) is -0.180. The Kier molecular flexibility index (Phi) is 5.97. The molecule has 1 unspecified atom stereocenters. The number of carbonyl (C=O) groups is 2. The molecular weight excluding hydrogens is 218 g/mol. The quantitative estimate of drug-likeness (QED) is 0.672. The van der Waals surface area contributed by atoms with Crippen LogP contribution in [-0.4, -0.2) is 48.9 Å². The van der Waals surface area contributed by atoms with Gasteiger partial charge in [0.05, 0.1) is 12.6 Å². The van der Waals surface area contributed by atoms with Gasteiger partial charge in [0.2, 0.25) is 11.8 Å². The molecule has 1 aliphatic heterocycles. The largest absolute Gasteiger partial charge is 0.355 e. The summed E-state index contributed by atoms with van der Waals surface area (Å²) in [5.74, 6) is -0.0333. The van der Waals surface area contributed by atoms with Gasteiger partial charge in [0.25, 0.3) is 0 Å². The Morgan fingerprint density at radius 1 is 1.59 bits per heavy atom.